The van der Waals surface area contributed by atoms with Crippen molar-refractivity contribution in [2.24, 2.45) is 4.99 Å². The second-order valence-corrected chi connectivity index (χ2v) is 8.08. The molecule has 1 heterocycles. The number of nitrogens with zero attached hydrogens (tertiary/aromatic N) is 2. The Labute approximate surface area is 168 Å². The average molecular weight is 462 g/mol. The second-order valence-electron chi connectivity index (χ2n) is 6.57. The molecule has 24 heavy (non-hydrogen) atoms. The zero-order chi connectivity index (χ0) is 16.7. The summed E-state index contributed by atoms with van der Waals surface area (Å²) in [6.07, 6.45) is 3.29. The summed E-state index contributed by atoms with van der Waals surface area (Å²) in [5.41, 5.74) is 1.31. The molecule has 0 radical (unpaired) electrons. The summed E-state index contributed by atoms with van der Waals surface area (Å²) < 4.78 is 0.175. The number of benzene rings is 1. The molecule has 0 saturated carbocycles. The number of nitrogens with one attached hydrogen (secondary N) is 2. The molecule has 0 aromatic heterocycles. The molecule has 1 aliphatic rings. The van der Waals surface area contributed by atoms with Crippen LogP contribution in [0.1, 0.15) is 27.2 Å². The lowest BCUT2D eigenvalue weighted by atomic mass is 10.2. The topological polar surface area (TPSA) is 39.7 Å². The lowest BCUT2D eigenvalue weighted by Gasteiger charge is -2.22. The van der Waals surface area contributed by atoms with Crippen LogP contribution >= 0.6 is 35.7 Å². The maximum Gasteiger partial charge on any atom is 0.191 e. The Morgan fingerprint density at radius 3 is 2.67 bits per heavy atom. The Kier molecular flexibility index (Phi) is 9.26. The number of para-hydroxylation sites is 1. The molecule has 6 heteroatoms. The molecular weight excluding hydrogens is 431 g/mol. The van der Waals surface area contributed by atoms with Crippen molar-refractivity contribution < 1.29 is 0 Å². The quantitative estimate of drug-likeness (QED) is 0.385. The molecule has 1 fully saturated rings. The Hall–Kier alpha value is -0.630. The van der Waals surface area contributed by atoms with Crippen molar-refractivity contribution in [3.05, 3.63) is 30.3 Å². The van der Waals surface area contributed by atoms with Crippen LogP contribution in [0.25, 0.3) is 0 Å². The van der Waals surface area contributed by atoms with Crippen molar-refractivity contribution in [1.29, 1.82) is 0 Å². The monoisotopic (exact) mass is 462 g/mol. The van der Waals surface area contributed by atoms with Gasteiger partial charge in [-0.2, -0.15) is 11.8 Å². The molecule has 2 rings (SSSR count). The number of thioether (sulfide) groups is 1. The van der Waals surface area contributed by atoms with E-state index in [1.165, 1.54) is 5.69 Å². The number of rotatable bonds is 6. The molecule has 1 unspecified atom stereocenters. The first-order valence-corrected chi connectivity index (χ1v) is 9.66. The summed E-state index contributed by atoms with van der Waals surface area (Å²) in [5.74, 6) is 0.939. The zero-order valence-electron chi connectivity index (χ0n) is 15.2. The van der Waals surface area contributed by atoms with Gasteiger partial charge in [-0.05, 0) is 45.6 Å². The van der Waals surface area contributed by atoms with Crippen LogP contribution in [0.4, 0.5) is 5.69 Å². The predicted octanol–water partition coefficient (Wildman–Crippen LogP) is 3.58. The summed E-state index contributed by atoms with van der Waals surface area (Å²) >= 11 is 1.86. The van der Waals surface area contributed by atoms with Crippen LogP contribution in [-0.4, -0.2) is 49.2 Å². The molecule has 1 atom stereocenters. The van der Waals surface area contributed by atoms with Gasteiger partial charge in [0.2, 0.25) is 0 Å². The van der Waals surface area contributed by atoms with E-state index in [2.05, 4.69) is 72.9 Å². The van der Waals surface area contributed by atoms with Gasteiger partial charge in [0.1, 0.15) is 0 Å². The number of anilines is 1. The molecule has 0 amide bonds. The molecule has 0 aliphatic carbocycles. The van der Waals surface area contributed by atoms with Crippen molar-refractivity contribution in [3.8, 4) is 0 Å². The number of aliphatic imine (C=N–C) groups is 1. The van der Waals surface area contributed by atoms with Crippen LogP contribution in [0.15, 0.2) is 35.3 Å². The molecule has 4 nitrogen and oxygen atoms in total. The molecule has 136 valence electrons. The maximum atomic E-state index is 4.77. The van der Waals surface area contributed by atoms with Gasteiger partial charge in [0.15, 0.2) is 5.96 Å². The van der Waals surface area contributed by atoms with E-state index in [-0.39, 0.29) is 28.7 Å². The largest absolute Gasteiger partial charge is 0.369 e. The van der Waals surface area contributed by atoms with E-state index >= 15 is 0 Å². The van der Waals surface area contributed by atoms with Crippen LogP contribution in [0.5, 0.6) is 0 Å². The molecule has 1 aromatic rings. The minimum Gasteiger partial charge on any atom is -0.369 e. The van der Waals surface area contributed by atoms with E-state index in [9.17, 15) is 0 Å². The van der Waals surface area contributed by atoms with Crippen LogP contribution < -0.4 is 15.5 Å². The third-order valence-corrected chi connectivity index (χ3v) is 5.40. The Morgan fingerprint density at radius 2 is 2.04 bits per heavy atom. The first-order chi connectivity index (χ1) is 11.0. The van der Waals surface area contributed by atoms with E-state index < -0.39 is 0 Å². The van der Waals surface area contributed by atoms with Crippen LogP contribution in [0.3, 0.4) is 0 Å². The highest BCUT2D eigenvalue weighted by molar-refractivity contribution is 14.0. The maximum absolute atomic E-state index is 4.77. The first-order valence-electron chi connectivity index (χ1n) is 8.44. The van der Waals surface area contributed by atoms with Gasteiger partial charge < -0.3 is 15.5 Å². The van der Waals surface area contributed by atoms with E-state index in [0.717, 1.165) is 38.6 Å². The average Bonchev–Trinajstić information content (AvgIpc) is 3.02. The molecule has 0 spiro atoms. The van der Waals surface area contributed by atoms with Gasteiger partial charge >= 0.3 is 0 Å². The van der Waals surface area contributed by atoms with Crippen LogP contribution in [0, 0.1) is 0 Å². The highest BCUT2D eigenvalue weighted by Crippen LogP contribution is 2.21. The fourth-order valence-electron chi connectivity index (χ4n) is 2.60. The number of halogens is 1. The van der Waals surface area contributed by atoms with E-state index in [1.807, 2.05) is 11.8 Å². The first kappa shape index (κ1) is 21.4. The Balaban J connectivity index is 0.00000288. The smallest absolute Gasteiger partial charge is 0.191 e. The van der Waals surface area contributed by atoms with E-state index in [1.54, 1.807) is 0 Å². The molecular formula is C18H31IN4S. The number of hydrogen-bond acceptors (Lipinski definition) is 3. The minimum absolute atomic E-state index is 0. The summed E-state index contributed by atoms with van der Waals surface area (Å²) in [6, 6.07) is 11.1. The van der Waals surface area contributed by atoms with Gasteiger partial charge in [-0.1, -0.05) is 18.2 Å². The third-order valence-electron chi connectivity index (χ3n) is 4.17. The van der Waals surface area contributed by atoms with Crippen LogP contribution in [-0.2, 0) is 0 Å². The minimum atomic E-state index is 0. The molecule has 2 N–H and O–H groups in total. The second kappa shape index (κ2) is 10.4. The highest BCUT2D eigenvalue weighted by atomic mass is 127. The van der Waals surface area contributed by atoms with Crippen molar-refractivity contribution in [2.75, 3.05) is 37.3 Å². The fourth-order valence-corrected chi connectivity index (χ4v) is 2.79. The van der Waals surface area contributed by atoms with Gasteiger partial charge in [0.05, 0.1) is 6.54 Å². The fraction of sp³-hybridized carbons (Fsp3) is 0.611. The summed E-state index contributed by atoms with van der Waals surface area (Å²) in [6.45, 7) is 10.4. The lowest BCUT2D eigenvalue weighted by molar-refractivity contribution is 0.641. The van der Waals surface area contributed by atoms with Crippen LogP contribution in [0.2, 0.25) is 0 Å². The summed E-state index contributed by atoms with van der Waals surface area (Å²) in [4.78, 5) is 7.21. The summed E-state index contributed by atoms with van der Waals surface area (Å²) in [7, 11) is 0. The zero-order valence-corrected chi connectivity index (χ0v) is 18.4. The predicted molar refractivity (Wildman–Crippen MR) is 119 cm³/mol. The van der Waals surface area contributed by atoms with Crippen molar-refractivity contribution in [1.82, 2.24) is 10.6 Å². The molecule has 0 bridgehead atoms. The normalized spacial score (nSPS) is 18.2. The van der Waals surface area contributed by atoms with E-state index in [0.29, 0.717) is 6.04 Å². The van der Waals surface area contributed by atoms with Crippen molar-refractivity contribution >= 4 is 47.4 Å². The standard InChI is InChI=1S/C18H30N4S.HI/c1-5-19-17(20-14-18(2,3)23-4)21-15-11-12-22(13-15)16-9-7-6-8-10-16;/h6-10,15H,5,11-14H2,1-4H3,(H2,19,20,21);1H. The van der Waals surface area contributed by atoms with Gasteiger partial charge in [-0.15, -0.1) is 24.0 Å². The number of guanidine groups is 1. The van der Waals surface area contributed by atoms with Gasteiger partial charge in [-0.25, -0.2) is 0 Å². The molecule has 1 aliphatic heterocycles. The SMILES string of the molecule is CCNC(=NCC(C)(C)SC)NC1CCN(c2ccccc2)C1.I. The van der Waals surface area contributed by atoms with E-state index in [4.69, 9.17) is 4.99 Å². The lowest BCUT2D eigenvalue weighted by Crippen LogP contribution is -2.45. The van der Waals surface area contributed by atoms with Crippen molar-refractivity contribution in [2.45, 2.75) is 38.0 Å². The highest BCUT2D eigenvalue weighted by Gasteiger charge is 2.23. The Morgan fingerprint density at radius 1 is 1.33 bits per heavy atom. The number of hydrogen-bond donors (Lipinski definition) is 2. The van der Waals surface area contributed by atoms with Gasteiger partial charge in [-0.3, -0.25) is 4.99 Å². The molecule has 1 aromatic carbocycles. The van der Waals surface area contributed by atoms with Crippen molar-refractivity contribution in [3.63, 3.8) is 0 Å². The Bertz CT molecular complexity index is 507. The molecule has 1 saturated heterocycles. The summed E-state index contributed by atoms with van der Waals surface area (Å²) in [5, 5.41) is 6.97. The van der Waals surface area contributed by atoms with Gasteiger partial charge in [0, 0.05) is 36.1 Å². The van der Waals surface area contributed by atoms with Gasteiger partial charge in [0.25, 0.3) is 0 Å². The third kappa shape index (κ3) is 6.70.